The molecule has 1 aromatic rings. The minimum Gasteiger partial charge on any atom is -0.493 e. The number of hydrogen-bond donors (Lipinski definition) is 0. The van der Waals surface area contributed by atoms with Gasteiger partial charge < -0.3 is 4.74 Å². The van der Waals surface area contributed by atoms with Gasteiger partial charge in [0.1, 0.15) is 5.75 Å². The molecular formula is C17H25BrO2. The minimum absolute atomic E-state index is 0.0864. The number of alkyl halides is 1. The van der Waals surface area contributed by atoms with E-state index in [1.807, 2.05) is 24.3 Å². The highest BCUT2D eigenvalue weighted by molar-refractivity contribution is 9.09. The van der Waals surface area contributed by atoms with Gasteiger partial charge in [-0.3, -0.25) is 4.79 Å². The van der Waals surface area contributed by atoms with Crippen LogP contribution in [0.1, 0.15) is 56.8 Å². The van der Waals surface area contributed by atoms with E-state index in [9.17, 15) is 4.79 Å². The van der Waals surface area contributed by atoms with Crippen molar-refractivity contribution < 1.29 is 9.53 Å². The predicted molar refractivity (Wildman–Crippen MR) is 88.0 cm³/mol. The first-order valence-corrected chi connectivity index (χ1v) is 8.49. The summed E-state index contributed by atoms with van der Waals surface area (Å²) in [6.45, 7) is 6.73. The first-order chi connectivity index (χ1) is 9.56. The summed E-state index contributed by atoms with van der Waals surface area (Å²) in [5.74, 6) is 0.927. The van der Waals surface area contributed by atoms with Gasteiger partial charge in [-0.1, -0.05) is 42.6 Å². The number of carbonyl (C=O) groups excluding carboxylic acids is 1. The largest absolute Gasteiger partial charge is 0.493 e. The SMILES string of the molecule is CCCC(CBr)(CCC)COc1ccc(C(C)=O)cc1. The van der Waals surface area contributed by atoms with Gasteiger partial charge in [0.2, 0.25) is 0 Å². The zero-order chi connectivity index (χ0) is 15.0. The Kier molecular flexibility index (Phi) is 7.28. The molecule has 0 unspecified atom stereocenters. The fourth-order valence-corrected chi connectivity index (χ4v) is 3.25. The molecule has 0 N–H and O–H groups in total. The highest BCUT2D eigenvalue weighted by Gasteiger charge is 2.28. The molecular weight excluding hydrogens is 316 g/mol. The Hall–Kier alpha value is -0.830. The standard InChI is InChI=1S/C17H25BrO2/c1-4-10-17(12-18,11-5-2)13-20-16-8-6-15(7-9-16)14(3)19/h6-9H,4-5,10-13H2,1-3H3. The number of Topliss-reactive ketones (excluding diaryl/α,β-unsaturated/α-hetero) is 1. The molecule has 112 valence electrons. The van der Waals surface area contributed by atoms with Gasteiger partial charge in [-0.05, 0) is 44.0 Å². The van der Waals surface area contributed by atoms with E-state index >= 15 is 0 Å². The molecule has 1 rings (SSSR count). The second-order valence-electron chi connectivity index (χ2n) is 5.50. The molecule has 0 heterocycles. The van der Waals surface area contributed by atoms with Crippen LogP contribution in [-0.4, -0.2) is 17.7 Å². The van der Waals surface area contributed by atoms with Crippen LogP contribution in [0.15, 0.2) is 24.3 Å². The lowest BCUT2D eigenvalue weighted by atomic mass is 9.82. The molecule has 1 aromatic carbocycles. The Morgan fingerprint density at radius 3 is 2.10 bits per heavy atom. The number of benzene rings is 1. The molecule has 0 spiro atoms. The molecule has 0 aliphatic carbocycles. The molecule has 0 atom stereocenters. The Morgan fingerprint density at radius 1 is 1.15 bits per heavy atom. The fraction of sp³-hybridized carbons (Fsp3) is 0.588. The van der Waals surface area contributed by atoms with Crippen molar-refractivity contribution >= 4 is 21.7 Å². The molecule has 2 nitrogen and oxygen atoms in total. The summed E-state index contributed by atoms with van der Waals surface area (Å²) < 4.78 is 5.96. The van der Waals surface area contributed by atoms with Crippen molar-refractivity contribution in [1.82, 2.24) is 0 Å². The monoisotopic (exact) mass is 340 g/mol. The predicted octanol–water partition coefficient (Wildman–Crippen LogP) is 5.25. The Labute approximate surface area is 131 Å². The van der Waals surface area contributed by atoms with Gasteiger partial charge in [-0.15, -0.1) is 0 Å². The maximum Gasteiger partial charge on any atom is 0.159 e. The van der Waals surface area contributed by atoms with Crippen molar-refractivity contribution in [1.29, 1.82) is 0 Å². The summed E-state index contributed by atoms with van der Waals surface area (Å²) in [7, 11) is 0. The normalized spacial score (nSPS) is 11.4. The van der Waals surface area contributed by atoms with Gasteiger partial charge in [0.25, 0.3) is 0 Å². The van der Waals surface area contributed by atoms with Crippen molar-refractivity contribution in [3.05, 3.63) is 29.8 Å². The second kappa shape index (κ2) is 8.46. The van der Waals surface area contributed by atoms with Crippen LogP contribution < -0.4 is 4.74 Å². The average Bonchev–Trinajstić information content (AvgIpc) is 2.45. The molecule has 20 heavy (non-hydrogen) atoms. The molecule has 0 aliphatic rings. The van der Waals surface area contributed by atoms with Crippen molar-refractivity contribution in [3.63, 3.8) is 0 Å². The van der Waals surface area contributed by atoms with Crippen molar-refractivity contribution in [3.8, 4) is 5.75 Å². The third-order valence-corrected chi connectivity index (χ3v) is 4.84. The molecule has 0 fully saturated rings. The number of ketones is 1. The van der Waals surface area contributed by atoms with Gasteiger partial charge in [0, 0.05) is 16.3 Å². The third kappa shape index (κ3) is 4.93. The summed E-state index contributed by atoms with van der Waals surface area (Å²) in [5.41, 5.74) is 0.939. The van der Waals surface area contributed by atoms with Gasteiger partial charge in [0.05, 0.1) is 6.61 Å². The zero-order valence-corrected chi connectivity index (χ0v) is 14.3. The summed E-state index contributed by atoms with van der Waals surface area (Å²) in [6, 6.07) is 7.42. The lowest BCUT2D eigenvalue weighted by Crippen LogP contribution is -2.30. The van der Waals surface area contributed by atoms with Crippen molar-refractivity contribution in [2.24, 2.45) is 5.41 Å². The second-order valence-corrected chi connectivity index (χ2v) is 6.06. The van der Waals surface area contributed by atoms with Crippen LogP contribution in [0.25, 0.3) is 0 Å². The Bertz CT molecular complexity index is 406. The lowest BCUT2D eigenvalue weighted by Gasteiger charge is -2.31. The van der Waals surface area contributed by atoms with Crippen LogP contribution >= 0.6 is 15.9 Å². The Morgan fingerprint density at radius 2 is 1.70 bits per heavy atom. The smallest absolute Gasteiger partial charge is 0.159 e. The molecule has 0 bridgehead atoms. The topological polar surface area (TPSA) is 26.3 Å². The maximum atomic E-state index is 11.2. The lowest BCUT2D eigenvalue weighted by molar-refractivity contribution is 0.101. The van der Waals surface area contributed by atoms with Crippen LogP contribution in [-0.2, 0) is 0 Å². The number of carbonyl (C=O) groups is 1. The van der Waals surface area contributed by atoms with E-state index in [0.29, 0.717) is 0 Å². The summed E-state index contributed by atoms with van der Waals surface area (Å²) in [4.78, 5) is 11.2. The van der Waals surface area contributed by atoms with Crippen LogP contribution in [0.2, 0.25) is 0 Å². The van der Waals surface area contributed by atoms with Crippen LogP contribution in [0.5, 0.6) is 5.75 Å². The van der Waals surface area contributed by atoms with Gasteiger partial charge in [-0.25, -0.2) is 0 Å². The molecule has 0 aromatic heterocycles. The van der Waals surface area contributed by atoms with Crippen LogP contribution in [0.4, 0.5) is 0 Å². The quantitative estimate of drug-likeness (QED) is 0.453. The number of rotatable bonds is 9. The van der Waals surface area contributed by atoms with Crippen molar-refractivity contribution in [2.45, 2.75) is 46.5 Å². The van der Waals surface area contributed by atoms with E-state index < -0.39 is 0 Å². The first-order valence-electron chi connectivity index (χ1n) is 7.36. The molecule has 0 saturated heterocycles. The maximum absolute atomic E-state index is 11.2. The summed E-state index contributed by atoms with van der Waals surface area (Å²) >= 11 is 3.65. The first kappa shape index (κ1) is 17.2. The van der Waals surface area contributed by atoms with Gasteiger partial charge in [0.15, 0.2) is 5.78 Å². The Balaban J connectivity index is 2.68. The number of hydrogen-bond acceptors (Lipinski definition) is 2. The van der Waals surface area contributed by atoms with E-state index in [-0.39, 0.29) is 11.2 Å². The van der Waals surface area contributed by atoms with Gasteiger partial charge >= 0.3 is 0 Å². The van der Waals surface area contributed by atoms with E-state index in [1.165, 1.54) is 0 Å². The average molecular weight is 341 g/mol. The molecule has 0 saturated carbocycles. The zero-order valence-electron chi connectivity index (χ0n) is 12.7. The highest BCUT2D eigenvalue weighted by atomic mass is 79.9. The van der Waals surface area contributed by atoms with Crippen LogP contribution in [0, 0.1) is 5.41 Å². The molecule has 0 radical (unpaired) electrons. The highest BCUT2D eigenvalue weighted by Crippen LogP contribution is 2.33. The molecule has 0 amide bonds. The fourth-order valence-electron chi connectivity index (χ4n) is 2.52. The third-order valence-electron chi connectivity index (χ3n) is 3.65. The summed E-state index contributed by atoms with van der Waals surface area (Å²) in [5, 5.41) is 0.965. The minimum atomic E-state index is 0.0864. The molecule has 0 aliphatic heterocycles. The van der Waals surface area contributed by atoms with E-state index in [2.05, 4.69) is 29.8 Å². The van der Waals surface area contributed by atoms with E-state index in [0.717, 1.165) is 48.9 Å². The number of ether oxygens (including phenoxy) is 1. The number of halogens is 1. The van der Waals surface area contributed by atoms with Gasteiger partial charge in [-0.2, -0.15) is 0 Å². The summed E-state index contributed by atoms with van der Waals surface area (Å²) in [6.07, 6.45) is 4.66. The van der Waals surface area contributed by atoms with Crippen molar-refractivity contribution in [2.75, 3.05) is 11.9 Å². The van der Waals surface area contributed by atoms with E-state index in [1.54, 1.807) is 6.92 Å². The van der Waals surface area contributed by atoms with Crippen LogP contribution in [0.3, 0.4) is 0 Å². The molecule has 3 heteroatoms. The van der Waals surface area contributed by atoms with E-state index in [4.69, 9.17) is 4.74 Å².